The Kier molecular flexibility index (Phi) is 7.22. The van der Waals surface area contributed by atoms with Gasteiger partial charge in [0.25, 0.3) is 5.91 Å². The molecule has 2 rings (SSSR count). The number of ether oxygens (including phenoxy) is 1. The Hall–Kier alpha value is -2.37. The van der Waals surface area contributed by atoms with E-state index < -0.39 is 11.9 Å². The maximum absolute atomic E-state index is 12.1. The fraction of sp³-hybridized carbons (Fsp3) is 0.286. The molecule has 0 radical (unpaired) electrons. The lowest BCUT2D eigenvalue weighted by Crippen LogP contribution is -2.30. The van der Waals surface area contributed by atoms with Gasteiger partial charge in [0.2, 0.25) is 0 Å². The molecule has 0 atom stereocenters. The predicted molar refractivity (Wildman–Crippen MR) is 109 cm³/mol. The van der Waals surface area contributed by atoms with Gasteiger partial charge < -0.3 is 10.1 Å². The molecule has 2 aromatic carbocycles. The number of carbonyl (C=O) groups excluding carboxylic acids is 3. The van der Waals surface area contributed by atoms with Crippen LogP contribution >= 0.6 is 23.2 Å². The third-order valence-corrected chi connectivity index (χ3v) is 5.17. The number of hydrogen-bond acceptors (Lipinski definition) is 4. The summed E-state index contributed by atoms with van der Waals surface area (Å²) in [6, 6.07) is 6.34. The van der Waals surface area contributed by atoms with Gasteiger partial charge in [-0.15, -0.1) is 0 Å². The van der Waals surface area contributed by atoms with Gasteiger partial charge in [-0.3, -0.25) is 14.4 Å². The number of aryl methyl sites for hydroxylation is 2. The van der Waals surface area contributed by atoms with Crippen molar-refractivity contribution in [3.8, 4) is 0 Å². The summed E-state index contributed by atoms with van der Waals surface area (Å²) < 4.78 is 5.28. The maximum atomic E-state index is 12.1. The van der Waals surface area contributed by atoms with Gasteiger partial charge in [-0.05, 0) is 68.1 Å². The second kappa shape index (κ2) is 9.22. The summed E-state index contributed by atoms with van der Waals surface area (Å²) >= 11 is 11.7. The standard InChI is InChI=1S/C21H21Cl2NO4/c1-11-7-12(2)20(14(4)25)13(3)16(11)10-28-19(26)9-24-21(27)15-5-6-17(22)18(23)8-15/h5-8H,9-10H2,1-4H3,(H,24,27). The molecule has 0 bridgehead atoms. The van der Waals surface area contributed by atoms with Crippen molar-refractivity contribution in [2.75, 3.05) is 6.54 Å². The number of rotatable bonds is 6. The Bertz CT molecular complexity index is 954. The quantitative estimate of drug-likeness (QED) is 0.546. The zero-order valence-corrected chi connectivity index (χ0v) is 17.6. The van der Waals surface area contributed by atoms with Gasteiger partial charge in [-0.25, -0.2) is 0 Å². The number of Topliss-reactive ketones (excluding diaryl/α,β-unsaturated/α-hetero) is 1. The van der Waals surface area contributed by atoms with Gasteiger partial charge in [0, 0.05) is 11.1 Å². The summed E-state index contributed by atoms with van der Waals surface area (Å²) in [4.78, 5) is 36.0. The van der Waals surface area contributed by atoms with Gasteiger partial charge in [-0.2, -0.15) is 0 Å². The van der Waals surface area contributed by atoms with Crippen LogP contribution in [0.5, 0.6) is 0 Å². The van der Waals surface area contributed by atoms with E-state index in [9.17, 15) is 14.4 Å². The van der Waals surface area contributed by atoms with E-state index in [-0.39, 0.29) is 24.0 Å². The lowest BCUT2D eigenvalue weighted by molar-refractivity contribution is -0.143. The van der Waals surface area contributed by atoms with Gasteiger partial charge in [0.1, 0.15) is 13.2 Å². The fourth-order valence-electron chi connectivity index (χ4n) is 3.09. The summed E-state index contributed by atoms with van der Waals surface area (Å²) in [5, 5.41) is 3.07. The lowest BCUT2D eigenvalue weighted by Gasteiger charge is -2.16. The SMILES string of the molecule is CC(=O)c1c(C)cc(C)c(COC(=O)CNC(=O)c2ccc(Cl)c(Cl)c2)c1C. The summed E-state index contributed by atoms with van der Waals surface area (Å²) in [6.07, 6.45) is 0. The van der Waals surface area contributed by atoms with Crippen molar-refractivity contribution in [2.24, 2.45) is 0 Å². The number of carbonyl (C=O) groups is 3. The molecule has 2 aromatic rings. The number of halogens is 2. The highest BCUT2D eigenvalue weighted by atomic mass is 35.5. The Morgan fingerprint density at radius 3 is 2.29 bits per heavy atom. The number of esters is 1. The van der Waals surface area contributed by atoms with Crippen LogP contribution in [0, 0.1) is 20.8 Å². The topological polar surface area (TPSA) is 72.5 Å². The van der Waals surface area contributed by atoms with Crippen LogP contribution in [0.3, 0.4) is 0 Å². The molecule has 0 saturated carbocycles. The van der Waals surface area contributed by atoms with Crippen LogP contribution in [0.15, 0.2) is 24.3 Å². The Morgan fingerprint density at radius 2 is 1.68 bits per heavy atom. The summed E-state index contributed by atoms with van der Waals surface area (Å²) in [6.45, 7) is 6.87. The van der Waals surface area contributed by atoms with Crippen LogP contribution < -0.4 is 5.32 Å². The first-order valence-electron chi connectivity index (χ1n) is 8.61. The molecule has 0 aliphatic heterocycles. The highest BCUT2D eigenvalue weighted by Crippen LogP contribution is 2.24. The monoisotopic (exact) mass is 421 g/mol. The van der Waals surface area contributed by atoms with Gasteiger partial charge >= 0.3 is 5.97 Å². The molecule has 7 heteroatoms. The first-order chi connectivity index (χ1) is 13.1. The first kappa shape index (κ1) is 21.9. The van der Waals surface area contributed by atoms with E-state index in [0.717, 1.165) is 22.3 Å². The molecule has 0 aliphatic rings. The second-order valence-electron chi connectivity index (χ2n) is 6.52. The minimum atomic E-state index is -0.586. The molecule has 1 amide bonds. The average molecular weight is 422 g/mol. The summed E-state index contributed by atoms with van der Waals surface area (Å²) in [5.41, 5.74) is 4.36. The van der Waals surface area contributed by atoms with E-state index >= 15 is 0 Å². The minimum absolute atomic E-state index is 0.0275. The zero-order chi connectivity index (χ0) is 21.0. The molecule has 0 unspecified atom stereocenters. The normalized spacial score (nSPS) is 10.5. The van der Waals surface area contributed by atoms with Crippen LogP contribution in [0.1, 0.15) is 49.9 Å². The zero-order valence-electron chi connectivity index (χ0n) is 16.1. The van der Waals surface area contributed by atoms with Crippen LogP contribution in [0.4, 0.5) is 0 Å². The van der Waals surface area contributed by atoms with Gasteiger partial charge in [0.15, 0.2) is 5.78 Å². The van der Waals surface area contributed by atoms with Crippen molar-refractivity contribution in [3.05, 3.63) is 67.7 Å². The molecule has 0 heterocycles. The van der Waals surface area contributed by atoms with E-state index in [0.29, 0.717) is 16.1 Å². The number of benzene rings is 2. The summed E-state index contributed by atoms with van der Waals surface area (Å²) in [5.74, 6) is -1.08. The van der Waals surface area contributed by atoms with E-state index in [4.69, 9.17) is 27.9 Å². The molecule has 0 aliphatic carbocycles. The van der Waals surface area contributed by atoms with Crippen LogP contribution in [-0.4, -0.2) is 24.2 Å². The number of ketones is 1. The number of hydrogen-bond donors (Lipinski definition) is 1. The van der Waals surface area contributed by atoms with Crippen molar-refractivity contribution in [2.45, 2.75) is 34.3 Å². The molecule has 1 N–H and O–H groups in total. The third-order valence-electron chi connectivity index (χ3n) is 4.44. The van der Waals surface area contributed by atoms with Crippen molar-refractivity contribution >= 4 is 40.9 Å². The summed E-state index contributed by atoms with van der Waals surface area (Å²) in [7, 11) is 0. The average Bonchev–Trinajstić information content (AvgIpc) is 2.61. The molecule has 0 fully saturated rings. The van der Waals surface area contributed by atoms with Gasteiger partial charge in [0.05, 0.1) is 10.0 Å². The molecule has 0 spiro atoms. The van der Waals surface area contributed by atoms with Gasteiger partial charge in [-0.1, -0.05) is 29.3 Å². The fourth-order valence-corrected chi connectivity index (χ4v) is 3.38. The van der Waals surface area contributed by atoms with Crippen molar-refractivity contribution < 1.29 is 19.1 Å². The van der Waals surface area contributed by atoms with Crippen molar-refractivity contribution in [1.29, 1.82) is 0 Å². The number of amides is 1. The molecular formula is C21H21Cl2NO4. The largest absolute Gasteiger partial charge is 0.459 e. The van der Waals surface area contributed by atoms with Crippen molar-refractivity contribution in [3.63, 3.8) is 0 Å². The number of nitrogens with one attached hydrogen (secondary N) is 1. The minimum Gasteiger partial charge on any atom is -0.459 e. The second-order valence-corrected chi connectivity index (χ2v) is 7.33. The molecule has 28 heavy (non-hydrogen) atoms. The van der Waals surface area contributed by atoms with E-state index in [1.807, 2.05) is 26.8 Å². The lowest BCUT2D eigenvalue weighted by atomic mass is 9.92. The maximum Gasteiger partial charge on any atom is 0.325 e. The van der Waals surface area contributed by atoms with E-state index in [1.54, 1.807) is 0 Å². The Labute approximate surface area is 174 Å². The smallest absolute Gasteiger partial charge is 0.325 e. The highest BCUT2D eigenvalue weighted by molar-refractivity contribution is 6.42. The van der Waals surface area contributed by atoms with Crippen molar-refractivity contribution in [1.82, 2.24) is 5.32 Å². The van der Waals surface area contributed by atoms with Crippen LogP contribution in [0.2, 0.25) is 10.0 Å². The van der Waals surface area contributed by atoms with E-state index in [1.165, 1.54) is 25.1 Å². The predicted octanol–water partition coefficient (Wildman–Crippen LogP) is 4.59. The molecule has 148 valence electrons. The van der Waals surface area contributed by atoms with Crippen LogP contribution in [0.25, 0.3) is 0 Å². The first-order valence-corrected chi connectivity index (χ1v) is 9.37. The molecular weight excluding hydrogens is 401 g/mol. The molecule has 0 aromatic heterocycles. The third kappa shape index (κ3) is 5.12. The Balaban J connectivity index is 1.99. The molecule has 5 nitrogen and oxygen atoms in total. The Morgan fingerprint density at radius 1 is 1.00 bits per heavy atom. The highest BCUT2D eigenvalue weighted by Gasteiger charge is 2.16. The molecule has 0 saturated heterocycles. The van der Waals surface area contributed by atoms with E-state index in [2.05, 4.69) is 5.32 Å². The van der Waals surface area contributed by atoms with Crippen LogP contribution in [-0.2, 0) is 16.1 Å².